The molecule has 0 spiro atoms. The molecule has 0 fully saturated rings. The minimum atomic E-state index is -0.916. The summed E-state index contributed by atoms with van der Waals surface area (Å²) in [5, 5.41) is 2.67. The average Bonchev–Trinajstić information content (AvgIpc) is 3.48. The fourth-order valence-corrected chi connectivity index (χ4v) is 7.61. The Morgan fingerprint density at radius 1 is 0.865 bits per heavy atom. The topological polar surface area (TPSA) is 88.4 Å². The van der Waals surface area contributed by atoms with Crippen molar-refractivity contribution in [2.45, 2.75) is 19.6 Å². The summed E-state index contributed by atoms with van der Waals surface area (Å²) in [5.74, 6) is 0.953. The van der Waals surface area contributed by atoms with E-state index in [-0.39, 0.29) is 24.3 Å². The van der Waals surface area contributed by atoms with Gasteiger partial charge in [0.1, 0.15) is 18.4 Å². The van der Waals surface area contributed by atoms with Crippen LogP contribution in [0.25, 0.3) is 22.5 Å². The SMILES string of the molecule is CCOC(=O)C1=C(c2ccccc2)N=c2sc(=Cc3ccc(OCc4ccc(Cl)c(Cl)c4)c(OC)c3)c(=O)n2[C@H]1c1c(OC)ccc2ccccc12. The molecule has 1 aromatic heterocycles. The van der Waals surface area contributed by atoms with Gasteiger partial charge in [0.05, 0.1) is 46.7 Å². The van der Waals surface area contributed by atoms with Crippen molar-refractivity contribution < 1.29 is 23.7 Å². The highest BCUT2D eigenvalue weighted by atomic mass is 35.5. The summed E-state index contributed by atoms with van der Waals surface area (Å²) in [7, 11) is 3.13. The Labute approximate surface area is 313 Å². The molecule has 5 aromatic carbocycles. The molecule has 2 heterocycles. The van der Waals surface area contributed by atoms with E-state index in [1.54, 1.807) is 56.1 Å². The quantitative estimate of drug-likeness (QED) is 0.132. The van der Waals surface area contributed by atoms with E-state index in [1.165, 1.54) is 11.3 Å². The monoisotopic (exact) mass is 750 g/mol. The number of fused-ring (bicyclic) bond motifs is 2. The lowest BCUT2D eigenvalue weighted by Gasteiger charge is -2.28. The van der Waals surface area contributed by atoms with Gasteiger partial charge in [-0.25, -0.2) is 9.79 Å². The summed E-state index contributed by atoms with van der Waals surface area (Å²) in [6.45, 7) is 2.14. The highest BCUT2D eigenvalue weighted by Gasteiger charge is 2.37. The van der Waals surface area contributed by atoms with Crippen LogP contribution < -0.4 is 29.1 Å². The lowest BCUT2D eigenvalue weighted by Crippen LogP contribution is -2.40. The van der Waals surface area contributed by atoms with Gasteiger partial charge in [-0.15, -0.1) is 0 Å². The summed E-state index contributed by atoms with van der Waals surface area (Å²) in [6.07, 6.45) is 1.78. The van der Waals surface area contributed by atoms with E-state index >= 15 is 0 Å². The number of hydrogen-bond acceptors (Lipinski definition) is 8. The molecular formula is C41H32Cl2N2O6S. The second-order valence-electron chi connectivity index (χ2n) is 11.8. The summed E-state index contributed by atoms with van der Waals surface area (Å²) >= 11 is 13.5. The van der Waals surface area contributed by atoms with Gasteiger partial charge in [0.25, 0.3) is 5.56 Å². The van der Waals surface area contributed by atoms with Crippen LogP contribution in [-0.4, -0.2) is 31.4 Å². The molecule has 0 N–H and O–H groups in total. The standard InChI is InChI=1S/C41H32Cl2N2O6S/c1-4-50-40(47)36-37(27-11-6-5-7-12-27)44-41-45(38(36)35-28-13-9-8-10-26(28)16-19-32(35)48-2)39(46)34(52-41)22-24-15-18-31(33(21-24)49-3)51-23-25-14-17-29(42)30(43)20-25/h5-22,38H,4,23H2,1-3H3/t38-/m0/s1. The fourth-order valence-electron chi connectivity index (χ4n) is 6.28. The van der Waals surface area contributed by atoms with Gasteiger partial charge in [-0.05, 0) is 65.2 Å². The van der Waals surface area contributed by atoms with Crippen molar-refractivity contribution in [1.82, 2.24) is 4.57 Å². The molecule has 8 nitrogen and oxygen atoms in total. The van der Waals surface area contributed by atoms with Gasteiger partial charge in [0.2, 0.25) is 0 Å². The number of nitrogens with zero attached hydrogens (tertiary/aromatic N) is 2. The van der Waals surface area contributed by atoms with Crippen LogP contribution in [0.1, 0.15) is 35.2 Å². The van der Waals surface area contributed by atoms with Gasteiger partial charge in [-0.1, -0.05) is 107 Å². The van der Waals surface area contributed by atoms with Crippen LogP contribution in [0, 0.1) is 0 Å². The number of aromatic nitrogens is 1. The summed E-state index contributed by atoms with van der Waals surface area (Å²) in [4.78, 5) is 34.1. The van der Waals surface area contributed by atoms with Gasteiger partial charge >= 0.3 is 5.97 Å². The van der Waals surface area contributed by atoms with Gasteiger partial charge < -0.3 is 18.9 Å². The zero-order valence-corrected chi connectivity index (χ0v) is 30.7. The molecule has 0 aliphatic carbocycles. The van der Waals surface area contributed by atoms with Crippen molar-refractivity contribution in [3.63, 3.8) is 0 Å². The first-order valence-corrected chi connectivity index (χ1v) is 18.0. The summed E-state index contributed by atoms with van der Waals surface area (Å²) in [5.41, 5.74) is 3.27. The smallest absolute Gasteiger partial charge is 0.338 e. The van der Waals surface area contributed by atoms with Crippen molar-refractivity contribution in [2.24, 2.45) is 4.99 Å². The number of esters is 1. The second kappa shape index (κ2) is 15.1. The first kappa shape index (κ1) is 35.1. The number of thiazole rings is 1. The minimum Gasteiger partial charge on any atom is -0.496 e. The molecule has 11 heteroatoms. The summed E-state index contributed by atoms with van der Waals surface area (Å²) < 4.78 is 25.3. The maximum atomic E-state index is 14.6. The van der Waals surface area contributed by atoms with Crippen molar-refractivity contribution in [2.75, 3.05) is 20.8 Å². The van der Waals surface area contributed by atoms with E-state index in [4.69, 9.17) is 47.1 Å². The Morgan fingerprint density at radius 3 is 2.37 bits per heavy atom. The Balaban J connectivity index is 1.40. The Kier molecular flexibility index (Phi) is 10.2. The van der Waals surface area contributed by atoms with Crippen LogP contribution in [0.5, 0.6) is 17.2 Å². The number of rotatable bonds is 10. The molecule has 7 rings (SSSR count). The van der Waals surface area contributed by atoms with E-state index in [2.05, 4.69) is 0 Å². The van der Waals surface area contributed by atoms with Gasteiger partial charge in [-0.3, -0.25) is 9.36 Å². The first-order valence-electron chi connectivity index (χ1n) is 16.4. The van der Waals surface area contributed by atoms with Gasteiger partial charge in [0.15, 0.2) is 16.3 Å². The molecule has 0 amide bonds. The summed E-state index contributed by atoms with van der Waals surface area (Å²) in [6, 6.07) is 30.9. The maximum absolute atomic E-state index is 14.6. The van der Waals surface area contributed by atoms with Crippen molar-refractivity contribution in [3.8, 4) is 17.2 Å². The molecule has 0 radical (unpaired) electrons. The molecule has 0 saturated carbocycles. The number of carbonyl (C=O) groups excluding carboxylic acids is 1. The third-order valence-corrected chi connectivity index (χ3v) is 10.4. The number of hydrogen-bond donors (Lipinski definition) is 0. The van der Waals surface area contributed by atoms with Crippen molar-refractivity contribution in [1.29, 1.82) is 0 Å². The highest BCUT2D eigenvalue weighted by Crippen LogP contribution is 2.42. The predicted octanol–water partition coefficient (Wildman–Crippen LogP) is 7.99. The highest BCUT2D eigenvalue weighted by molar-refractivity contribution is 7.07. The number of halogens is 2. The van der Waals surface area contributed by atoms with Crippen LogP contribution in [-0.2, 0) is 16.1 Å². The third-order valence-electron chi connectivity index (χ3n) is 8.66. The van der Waals surface area contributed by atoms with E-state index in [0.717, 1.165) is 16.3 Å². The Hall–Kier alpha value is -5.35. The number of carbonyl (C=O) groups is 1. The van der Waals surface area contributed by atoms with Crippen LogP contribution in [0.15, 0.2) is 118 Å². The van der Waals surface area contributed by atoms with E-state index in [1.807, 2.05) is 78.9 Å². The molecular weight excluding hydrogens is 719 g/mol. The molecule has 6 aromatic rings. The Bertz CT molecular complexity index is 2550. The molecule has 0 saturated heterocycles. The van der Waals surface area contributed by atoms with E-state index in [0.29, 0.717) is 59.0 Å². The minimum absolute atomic E-state index is 0.142. The van der Waals surface area contributed by atoms with Crippen LogP contribution in [0.4, 0.5) is 0 Å². The molecule has 1 atom stereocenters. The number of benzene rings is 5. The first-order chi connectivity index (χ1) is 25.3. The zero-order chi connectivity index (χ0) is 36.4. The van der Waals surface area contributed by atoms with Crippen LogP contribution in [0.2, 0.25) is 10.0 Å². The fraction of sp³-hybridized carbons (Fsp3) is 0.146. The number of ether oxygens (including phenoxy) is 4. The molecule has 0 unspecified atom stereocenters. The molecule has 52 heavy (non-hydrogen) atoms. The van der Waals surface area contributed by atoms with Crippen molar-refractivity contribution in [3.05, 3.63) is 161 Å². The van der Waals surface area contributed by atoms with Crippen LogP contribution >= 0.6 is 34.5 Å². The lowest BCUT2D eigenvalue weighted by molar-refractivity contribution is -0.138. The normalized spacial score (nSPS) is 14.2. The van der Waals surface area contributed by atoms with E-state index in [9.17, 15) is 9.59 Å². The molecule has 1 aliphatic heterocycles. The Morgan fingerprint density at radius 2 is 1.62 bits per heavy atom. The maximum Gasteiger partial charge on any atom is 0.338 e. The molecule has 262 valence electrons. The molecule has 1 aliphatic rings. The zero-order valence-electron chi connectivity index (χ0n) is 28.4. The second-order valence-corrected chi connectivity index (χ2v) is 13.6. The number of methoxy groups -OCH3 is 2. The lowest BCUT2D eigenvalue weighted by atomic mass is 9.89. The molecule has 0 bridgehead atoms. The van der Waals surface area contributed by atoms with Crippen molar-refractivity contribution >= 4 is 63.1 Å². The average molecular weight is 752 g/mol. The predicted molar refractivity (Wildman–Crippen MR) is 205 cm³/mol. The van der Waals surface area contributed by atoms with Gasteiger partial charge in [0, 0.05) is 11.1 Å². The van der Waals surface area contributed by atoms with E-state index < -0.39 is 12.0 Å². The van der Waals surface area contributed by atoms with Gasteiger partial charge in [-0.2, -0.15) is 0 Å². The third kappa shape index (κ3) is 6.70. The van der Waals surface area contributed by atoms with Crippen LogP contribution in [0.3, 0.4) is 0 Å². The largest absolute Gasteiger partial charge is 0.496 e.